The molecule has 3 nitrogen and oxygen atoms in total. The molecule has 1 heterocycles. The molecule has 0 aliphatic heterocycles. The number of benzene rings is 2. The first-order valence-corrected chi connectivity index (χ1v) is 10.4. The summed E-state index contributed by atoms with van der Waals surface area (Å²) in [5.74, 6) is 0.0959. The Labute approximate surface area is 164 Å². The summed E-state index contributed by atoms with van der Waals surface area (Å²) in [7, 11) is 0. The van der Waals surface area contributed by atoms with Gasteiger partial charge in [0.15, 0.2) is 0 Å². The van der Waals surface area contributed by atoms with Crippen LogP contribution >= 0.6 is 11.3 Å². The van der Waals surface area contributed by atoms with E-state index in [2.05, 4.69) is 48.0 Å². The first kappa shape index (κ1) is 17.9. The van der Waals surface area contributed by atoms with Gasteiger partial charge in [0.25, 0.3) is 0 Å². The molecular weight excluding hydrogens is 352 g/mol. The maximum absolute atomic E-state index is 13.2. The van der Waals surface area contributed by atoms with Crippen LogP contribution < -0.4 is 5.32 Å². The summed E-state index contributed by atoms with van der Waals surface area (Å²) in [4.78, 5) is 18.0. The normalized spacial score (nSPS) is 19.9. The Morgan fingerprint density at radius 2 is 1.89 bits per heavy atom. The monoisotopic (exact) mass is 376 g/mol. The summed E-state index contributed by atoms with van der Waals surface area (Å²) in [6, 6.07) is 18.4. The minimum Gasteiger partial charge on any atom is -0.346 e. The number of fused-ring (bicyclic) bond motifs is 1. The number of carbonyl (C=O) groups excluding carboxylic acids is 1. The molecule has 4 heteroatoms. The molecular formula is C23H24N2OS. The SMILES string of the molecule is C[C@H](NC(=O)[C@@]1(C)CCCc2ccccc21)c1nc(-c2ccccc2)cs1. The summed E-state index contributed by atoms with van der Waals surface area (Å²) in [6.45, 7) is 4.09. The van der Waals surface area contributed by atoms with Crippen molar-refractivity contribution in [2.24, 2.45) is 0 Å². The maximum atomic E-state index is 13.2. The van der Waals surface area contributed by atoms with Crippen LogP contribution in [0.15, 0.2) is 60.0 Å². The van der Waals surface area contributed by atoms with Crippen LogP contribution in [0.4, 0.5) is 0 Å². The molecule has 138 valence electrons. The lowest BCUT2D eigenvalue weighted by atomic mass is 9.70. The Kier molecular flexibility index (Phi) is 4.83. The van der Waals surface area contributed by atoms with Crippen molar-refractivity contribution in [3.8, 4) is 11.3 Å². The van der Waals surface area contributed by atoms with Crippen LogP contribution in [0.1, 0.15) is 48.9 Å². The molecule has 0 spiro atoms. The molecule has 0 unspecified atom stereocenters. The second-order valence-corrected chi connectivity index (χ2v) is 8.36. The van der Waals surface area contributed by atoms with Crippen LogP contribution in [0.5, 0.6) is 0 Å². The first-order chi connectivity index (χ1) is 13.1. The van der Waals surface area contributed by atoms with E-state index in [9.17, 15) is 4.79 Å². The quantitative estimate of drug-likeness (QED) is 0.673. The van der Waals surface area contributed by atoms with Crippen LogP contribution in [0.25, 0.3) is 11.3 Å². The zero-order valence-corrected chi connectivity index (χ0v) is 16.6. The van der Waals surface area contributed by atoms with Gasteiger partial charge in [-0.1, -0.05) is 54.6 Å². The number of aromatic nitrogens is 1. The Bertz CT molecular complexity index is 950. The largest absolute Gasteiger partial charge is 0.346 e. The zero-order valence-electron chi connectivity index (χ0n) is 15.7. The van der Waals surface area contributed by atoms with Crippen LogP contribution in [0.2, 0.25) is 0 Å². The van der Waals surface area contributed by atoms with E-state index in [-0.39, 0.29) is 11.9 Å². The van der Waals surface area contributed by atoms with Crippen molar-refractivity contribution in [3.63, 3.8) is 0 Å². The summed E-state index contributed by atoms with van der Waals surface area (Å²) in [6.07, 6.45) is 2.99. The molecule has 1 aliphatic rings. The van der Waals surface area contributed by atoms with Crippen molar-refractivity contribution < 1.29 is 4.79 Å². The molecule has 1 aromatic heterocycles. The van der Waals surface area contributed by atoms with Crippen LogP contribution in [-0.4, -0.2) is 10.9 Å². The standard InChI is InChI=1S/C23H24N2OS/c1-16(21-25-20(15-27-21)18-10-4-3-5-11-18)24-22(26)23(2)14-8-12-17-9-6-7-13-19(17)23/h3-7,9-11,13,15-16H,8,12,14H2,1-2H3,(H,24,26)/t16-,23-/m0/s1. The number of hydrogen-bond acceptors (Lipinski definition) is 3. The van der Waals surface area contributed by atoms with Gasteiger partial charge in [-0.15, -0.1) is 11.3 Å². The van der Waals surface area contributed by atoms with Gasteiger partial charge in [0.2, 0.25) is 5.91 Å². The molecule has 0 radical (unpaired) electrons. The van der Waals surface area contributed by atoms with E-state index < -0.39 is 5.41 Å². The van der Waals surface area contributed by atoms with Crippen LogP contribution in [-0.2, 0) is 16.6 Å². The molecule has 27 heavy (non-hydrogen) atoms. The molecule has 3 aromatic rings. The Balaban J connectivity index is 1.53. The zero-order chi connectivity index (χ0) is 18.9. The number of hydrogen-bond donors (Lipinski definition) is 1. The van der Waals surface area contributed by atoms with Crippen molar-refractivity contribution in [2.75, 3.05) is 0 Å². The molecule has 0 saturated carbocycles. The Morgan fingerprint density at radius 1 is 1.15 bits per heavy atom. The van der Waals surface area contributed by atoms with Crippen molar-refractivity contribution in [1.82, 2.24) is 10.3 Å². The summed E-state index contributed by atoms with van der Waals surface area (Å²) in [5.41, 5.74) is 4.07. The predicted molar refractivity (Wildman–Crippen MR) is 111 cm³/mol. The van der Waals surface area contributed by atoms with E-state index in [1.54, 1.807) is 11.3 Å². The van der Waals surface area contributed by atoms with Gasteiger partial charge in [0.1, 0.15) is 5.01 Å². The lowest BCUT2D eigenvalue weighted by Crippen LogP contribution is -2.45. The van der Waals surface area contributed by atoms with Gasteiger partial charge in [-0.05, 0) is 44.2 Å². The van der Waals surface area contributed by atoms with Gasteiger partial charge in [-0.25, -0.2) is 4.98 Å². The first-order valence-electron chi connectivity index (χ1n) is 9.48. The number of nitrogens with zero attached hydrogens (tertiary/aromatic N) is 1. The third-order valence-corrected chi connectivity index (χ3v) is 6.57. The summed E-state index contributed by atoms with van der Waals surface area (Å²) >= 11 is 1.60. The lowest BCUT2D eigenvalue weighted by Gasteiger charge is -2.35. The van der Waals surface area contributed by atoms with E-state index >= 15 is 0 Å². The molecule has 2 atom stereocenters. The van der Waals surface area contributed by atoms with Gasteiger partial charge >= 0.3 is 0 Å². The van der Waals surface area contributed by atoms with E-state index in [0.29, 0.717) is 0 Å². The number of amides is 1. The Morgan fingerprint density at radius 3 is 2.70 bits per heavy atom. The molecule has 0 fully saturated rings. The lowest BCUT2D eigenvalue weighted by molar-refractivity contribution is -0.127. The average molecular weight is 377 g/mol. The smallest absolute Gasteiger partial charge is 0.230 e. The van der Waals surface area contributed by atoms with E-state index in [0.717, 1.165) is 35.5 Å². The highest BCUT2D eigenvalue weighted by Crippen LogP contribution is 2.38. The Hall–Kier alpha value is -2.46. The van der Waals surface area contributed by atoms with Gasteiger partial charge in [-0.3, -0.25) is 4.79 Å². The van der Waals surface area contributed by atoms with Crippen molar-refractivity contribution in [2.45, 2.75) is 44.6 Å². The third-order valence-electron chi connectivity index (χ3n) is 5.55. The molecule has 4 rings (SSSR count). The van der Waals surface area contributed by atoms with Gasteiger partial charge in [-0.2, -0.15) is 0 Å². The van der Waals surface area contributed by atoms with Gasteiger partial charge in [0, 0.05) is 10.9 Å². The number of aryl methyl sites for hydroxylation is 1. The van der Waals surface area contributed by atoms with Crippen molar-refractivity contribution >= 4 is 17.2 Å². The third kappa shape index (κ3) is 3.42. The molecule has 0 bridgehead atoms. The van der Waals surface area contributed by atoms with Gasteiger partial charge < -0.3 is 5.32 Å². The molecule has 2 aromatic carbocycles. The second kappa shape index (κ2) is 7.28. The minimum absolute atomic E-state index is 0.0959. The number of thiazole rings is 1. The van der Waals surface area contributed by atoms with Gasteiger partial charge in [0.05, 0.1) is 17.2 Å². The number of carbonyl (C=O) groups is 1. The van der Waals surface area contributed by atoms with Crippen LogP contribution in [0.3, 0.4) is 0 Å². The van der Waals surface area contributed by atoms with Crippen molar-refractivity contribution in [1.29, 1.82) is 0 Å². The molecule has 0 saturated heterocycles. The second-order valence-electron chi connectivity index (χ2n) is 7.47. The number of rotatable bonds is 4. The summed E-state index contributed by atoms with van der Waals surface area (Å²) in [5, 5.41) is 6.22. The molecule has 1 aliphatic carbocycles. The average Bonchev–Trinajstić information content (AvgIpc) is 3.19. The predicted octanol–water partition coefficient (Wildman–Crippen LogP) is 5.28. The highest BCUT2D eigenvalue weighted by molar-refractivity contribution is 7.10. The molecule has 1 N–H and O–H groups in total. The van der Waals surface area contributed by atoms with E-state index in [1.165, 1.54) is 11.1 Å². The molecule has 1 amide bonds. The maximum Gasteiger partial charge on any atom is 0.230 e. The van der Waals surface area contributed by atoms with E-state index in [1.807, 2.05) is 31.2 Å². The topological polar surface area (TPSA) is 42.0 Å². The van der Waals surface area contributed by atoms with E-state index in [4.69, 9.17) is 4.98 Å². The highest BCUT2D eigenvalue weighted by atomic mass is 32.1. The number of nitrogens with one attached hydrogen (secondary N) is 1. The minimum atomic E-state index is -0.470. The van der Waals surface area contributed by atoms with Crippen LogP contribution in [0, 0.1) is 0 Å². The van der Waals surface area contributed by atoms with Crippen molar-refractivity contribution in [3.05, 3.63) is 76.1 Å². The fourth-order valence-electron chi connectivity index (χ4n) is 3.93. The fourth-order valence-corrected chi connectivity index (χ4v) is 4.76. The highest BCUT2D eigenvalue weighted by Gasteiger charge is 2.39. The summed E-state index contributed by atoms with van der Waals surface area (Å²) < 4.78 is 0. The fraction of sp³-hybridized carbons (Fsp3) is 0.304.